The Labute approximate surface area is 32.9 Å². The van der Waals surface area contributed by atoms with E-state index in [1.807, 2.05) is 13.8 Å². The van der Waals surface area contributed by atoms with Gasteiger partial charge in [-0.05, 0) is 0 Å². The Kier molecular flexibility index (Phi) is 1080. The van der Waals surface area contributed by atoms with Gasteiger partial charge in [0.05, 0.1) is 0 Å². The molecule has 0 bridgehead atoms. The van der Waals surface area contributed by atoms with Crippen molar-refractivity contribution in [1.29, 1.82) is 0 Å². The van der Waals surface area contributed by atoms with Crippen molar-refractivity contribution in [2.45, 2.75) is 13.8 Å². The lowest BCUT2D eigenvalue weighted by atomic mass is 11.0. The minimum absolute atomic E-state index is 0. The van der Waals surface area contributed by atoms with Crippen LogP contribution in [0.5, 0.6) is 0 Å². The van der Waals surface area contributed by atoms with E-state index in [1.54, 1.807) is 0 Å². The molecule has 0 saturated carbocycles. The predicted octanol–water partition coefficient (Wildman–Crippen LogP) is 1.98. The Hall–Kier alpha value is -0.330. The van der Waals surface area contributed by atoms with Gasteiger partial charge in [-0.25, -0.2) is 0 Å². The minimum atomic E-state index is 0. The highest BCUT2D eigenvalue weighted by molar-refractivity contribution is 4.22. The Morgan fingerprint density at radius 2 is 1.00 bits per heavy atom. The van der Waals surface area contributed by atoms with Gasteiger partial charge in [0.15, 0.2) is 0 Å². The van der Waals surface area contributed by atoms with Gasteiger partial charge in [0.25, 0.3) is 0 Å². The number of hydrogen-bond acceptors (Lipinski definition) is 0. The van der Waals surface area contributed by atoms with E-state index < -0.39 is 0 Å². The summed E-state index contributed by atoms with van der Waals surface area (Å²) in [5.74, 6) is 0. The molecule has 0 aromatic heterocycles. The Balaban J connectivity index is -0.0000000133. The second kappa shape index (κ2) is 240. The van der Waals surface area contributed by atoms with Gasteiger partial charge in [-0.2, -0.15) is 0 Å². The van der Waals surface area contributed by atoms with Crippen LogP contribution in [0.15, 0.2) is 13.2 Å². The molecule has 0 aliphatic rings. The molecule has 5 heavy (non-hydrogen) atoms. The van der Waals surface area contributed by atoms with E-state index in [0.717, 1.165) is 0 Å². The number of hydrogen-bond donors (Lipinski definition) is 0. The highest BCUT2D eigenvalue weighted by Crippen LogP contribution is 1.14. The van der Waals surface area contributed by atoms with E-state index >= 15 is 0 Å². The monoisotopic (exact) mass is 78.1 g/mol. The van der Waals surface area contributed by atoms with Crippen molar-refractivity contribution < 1.29 is 4.70 Å². The highest BCUT2D eigenvalue weighted by Gasteiger charge is 0.932. The summed E-state index contributed by atoms with van der Waals surface area (Å²) in [4.78, 5) is 0. The van der Waals surface area contributed by atoms with Crippen LogP contribution in [0.25, 0.3) is 0 Å². The Bertz CT molecular complexity index is 3.61. The molecule has 0 amide bonds. The summed E-state index contributed by atoms with van der Waals surface area (Å²) in [6.45, 7) is 10.0. The smallest absolute Gasteiger partial charge is 0.0683 e. The van der Waals surface area contributed by atoms with Gasteiger partial charge in [-0.1, -0.05) is 13.8 Å². The molecule has 0 rings (SSSR count). The largest absolute Gasteiger partial charge is 0.269 e. The van der Waals surface area contributed by atoms with Crippen molar-refractivity contribution in [3.63, 3.8) is 0 Å². The van der Waals surface area contributed by atoms with Gasteiger partial charge >= 0.3 is 0 Å². The lowest BCUT2D eigenvalue weighted by molar-refractivity contribution is 1.11. The average Bonchev–Trinajstić information content (AvgIpc) is 1.50. The molecule has 0 aliphatic heterocycles. The molecule has 0 atom stereocenters. The van der Waals surface area contributed by atoms with Crippen LogP contribution in [0.1, 0.15) is 13.8 Å². The maximum absolute atomic E-state index is 3.00. The van der Waals surface area contributed by atoms with Gasteiger partial charge in [0, 0.05) is 0 Å². The van der Waals surface area contributed by atoms with Crippen molar-refractivity contribution in [3.05, 3.63) is 13.2 Å². The molecular weight excluding hydrogens is 67.0 g/mol. The van der Waals surface area contributed by atoms with Crippen LogP contribution in [0, 0.1) is 0 Å². The van der Waals surface area contributed by atoms with Crippen LogP contribution in [-0.4, -0.2) is 0 Å². The molecule has 0 spiro atoms. The molecule has 0 fully saturated rings. The van der Waals surface area contributed by atoms with Crippen molar-refractivity contribution in [3.8, 4) is 0 Å². The summed E-state index contributed by atoms with van der Waals surface area (Å²) in [7, 11) is 0. The number of rotatable bonds is 0. The second-order valence-electron chi connectivity index (χ2n) is 0. The van der Waals surface area contributed by atoms with Crippen molar-refractivity contribution >= 4 is 0 Å². The second-order valence-corrected chi connectivity index (χ2v) is 0. The topological polar surface area (TPSA) is 0 Å². The van der Waals surface area contributed by atoms with E-state index in [0.29, 0.717) is 0 Å². The summed E-state index contributed by atoms with van der Waals surface area (Å²) < 4.78 is 0. The zero-order chi connectivity index (χ0) is 4.00. The minimum Gasteiger partial charge on any atom is -0.269 e. The first-order chi connectivity index (χ1) is 2.00. The first kappa shape index (κ1) is 22.6. The summed E-state index contributed by atoms with van der Waals surface area (Å²) >= 11 is 0. The zero-order valence-electron chi connectivity index (χ0n) is 3.82. The normalized spacial score (nSPS) is 2.00. The molecular formula is C4H11F. The third kappa shape index (κ3) is 94.0. The van der Waals surface area contributed by atoms with Crippen LogP contribution in [0.2, 0.25) is 0 Å². The molecule has 1 heteroatoms. The molecule has 0 unspecified atom stereocenters. The van der Waals surface area contributed by atoms with E-state index in [1.165, 1.54) is 0 Å². The van der Waals surface area contributed by atoms with E-state index in [2.05, 4.69) is 13.2 Å². The maximum Gasteiger partial charge on any atom is -0.0683 e. The fourth-order valence-electron chi connectivity index (χ4n) is 0. The quantitative estimate of drug-likeness (QED) is 0.389. The third-order valence-corrected chi connectivity index (χ3v) is 0. The maximum atomic E-state index is 3.00. The lowest BCUT2D eigenvalue weighted by Gasteiger charge is -1.07. The summed E-state index contributed by atoms with van der Waals surface area (Å²) in [5, 5.41) is 0. The summed E-state index contributed by atoms with van der Waals surface area (Å²) in [6.07, 6.45) is 0. The van der Waals surface area contributed by atoms with E-state index in [4.69, 9.17) is 0 Å². The molecule has 0 aromatic rings. The lowest BCUT2D eigenvalue weighted by Crippen LogP contribution is -0.856. The van der Waals surface area contributed by atoms with Gasteiger partial charge in [-0.15, -0.1) is 13.2 Å². The van der Waals surface area contributed by atoms with Crippen LogP contribution >= 0.6 is 0 Å². The molecule has 0 saturated heterocycles. The molecule has 0 aromatic carbocycles. The number of halogens is 1. The molecule has 0 nitrogen and oxygen atoms in total. The fourth-order valence-corrected chi connectivity index (χ4v) is 0. The van der Waals surface area contributed by atoms with Gasteiger partial charge in [0.2, 0.25) is 0 Å². The van der Waals surface area contributed by atoms with Gasteiger partial charge < -0.3 is 0 Å². The Morgan fingerprint density at radius 1 is 1.00 bits per heavy atom. The van der Waals surface area contributed by atoms with E-state index in [-0.39, 0.29) is 4.70 Å². The molecule has 0 N–H and O–H groups in total. The van der Waals surface area contributed by atoms with Crippen molar-refractivity contribution in [2.24, 2.45) is 0 Å². The SMILES string of the molecule is C=C.CC.F. The molecule has 0 aliphatic carbocycles. The average molecular weight is 78.1 g/mol. The van der Waals surface area contributed by atoms with Crippen LogP contribution in [-0.2, 0) is 0 Å². The molecule has 34 valence electrons. The molecule has 0 heterocycles. The molecule has 0 radical (unpaired) electrons. The van der Waals surface area contributed by atoms with Gasteiger partial charge in [0.1, 0.15) is 0 Å². The summed E-state index contributed by atoms with van der Waals surface area (Å²) in [5.41, 5.74) is 0. The highest BCUT2D eigenvalue weighted by atomic mass is 19.0. The van der Waals surface area contributed by atoms with Crippen LogP contribution in [0.3, 0.4) is 0 Å². The van der Waals surface area contributed by atoms with E-state index in [9.17, 15) is 0 Å². The van der Waals surface area contributed by atoms with Crippen LogP contribution in [0.4, 0.5) is 4.70 Å². The van der Waals surface area contributed by atoms with Crippen LogP contribution < -0.4 is 0 Å². The van der Waals surface area contributed by atoms with Gasteiger partial charge in [-0.3, -0.25) is 4.70 Å². The standard InChI is InChI=1S/C2H6.C2H4.FH/c2*1-2;/h1-2H3;1-2H2;1H. The van der Waals surface area contributed by atoms with Crippen molar-refractivity contribution in [2.75, 3.05) is 0 Å². The fraction of sp³-hybridized carbons (Fsp3) is 0.500. The first-order valence-corrected chi connectivity index (χ1v) is 1.50. The van der Waals surface area contributed by atoms with Crippen molar-refractivity contribution in [1.82, 2.24) is 0 Å². The summed E-state index contributed by atoms with van der Waals surface area (Å²) in [6, 6.07) is 0. The first-order valence-electron chi connectivity index (χ1n) is 1.50. The Morgan fingerprint density at radius 3 is 1.00 bits per heavy atom. The third-order valence-electron chi connectivity index (χ3n) is 0. The zero-order valence-corrected chi connectivity index (χ0v) is 3.82. The predicted molar refractivity (Wildman–Crippen MR) is 25.1 cm³/mol.